The van der Waals surface area contributed by atoms with Crippen molar-refractivity contribution >= 4 is 43.9 Å². The van der Waals surface area contributed by atoms with E-state index in [0.29, 0.717) is 5.56 Å². The smallest absolute Gasteiger partial charge is 0.136 e. The fourth-order valence-electron chi connectivity index (χ4n) is 6.79. The third-order valence-corrected chi connectivity index (χ3v) is 8.94. The molecule has 0 saturated heterocycles. The van der Waals surface area contributed by atoms with E-state index < -0.39 is 0 Å². The zero-order valence-corrected chi connectivity index (χ0v) is 24.7. The number of nitrogens with zero attached hydrogens (tertiary/aromatic N) is 1. The van der Waals surface area contributed by atoms with Crippen molar-refractivity contribution in [3.8, 4) is 50.6 Å². The van der Waals surface area contributed by atoms with Crippen LogP contribution in [0, 0.1) is 11.3 Å². The van der Waals surface area contributed by atoms with Crippen LogP contribution in [0.5, 0.6) is 0 Å². The second-order valence-electron chi connectivity index (χ2n) is 11.6. The van der Waals surface area contributed by atoms with Crippen molar-refractivity contribution in [3.05, 3.63) is 157 Å². The van der Waals surface area contributed by atoms with Gasteiger partial charge in [0.1, 0.15) is 22.3 Å². The molecule has 7 aromatic carbocycles. The van der Waals surface area contributed by atoms with E-state index in [9.17, 15) is 5.26 Å². The van der Waals surface area contributed by atoms with E-state index in [2.05, 4.69) is 91.0 Å². The van der Waals surface area contributed by atoms with Crippen LogP contribution in [-0.4, -0.2) is 0 Å². The van der Waals surface area contributed by atoms with Gasteiger partial charge in [0, 0.05) is 21.5 Å². The van der Waals surface area contributed by atoms with Crippen LogP contribution in [0.4, 0.5) is 0 Å². The Morgan fingerprint density at radius 2 is 0.870 bits per heavy atom. The van der Waals surface area contributed by atoms with Crippen molar-refractivity contribution in [2.45, 2.75) is 0 Å². The molecule has 0 fully saturated rings. The normalized spacial score (nSPS) is 11.5. The molecule has 0 amide bonds. The Kier molecular flexibility index (Phi) is 5.88. The summed E-state index contributed by atoms with van der Waals surface area (Å²) in [5.41, 5.74) is 12.3. The molecular formula is C43H25NO2. The molecule has 2 aromatic heterocycles. The zero-order chi connectivity index (χ0) is 30.6. The maximum Gasteiger partial charge on any atom is 0.136 e. The molecule has 0 unspecified atom stereocenters. The third kappa shape index (κ3) is 4.13. The van der Waals surface area contributed by atoms with E-state index in [4.69, 9.17) is 8.83 Å². The van der Waals surface area contributed by atoms with Crippen molar-refractivity contribution in [1.29, 1.82) is 5.26 Å². The first-order valence-electron chi connectivity index (χ1n) is 15.3. The number of hydrogen-bond acceptors (Lipinski definition) is 3. The fraction of sp³-hybridized carbons (Fsp3) is 0. The Balaban J connectivity index is 1.37. The minimum atomic E-state index is 0.632. The van der Waals surface area contributed by atoms with Crippen LogP contribution >= 0.6 is 0 Å². The van der Waals surface area contributed by atoms with Crippen molar-refractivity contribution in [3.63, 3.8) is 0 Å². The molecule has 3 heteroatoms. The van der Waals surface area contributed by atoms with Crippen LogP contribution in [-0.2, 0) is 0 Å². The van der Waals surface area contributed by atoms with Crippen molar-refractivity contribution in [2.75, 3.05) is 0 Å². The molecule has 46 heavy (non-hydrogen) atoms. The summed E-state index contributed by atoms with van der Waals surface area (Å²) in [5, 5.41) is 14.5. The standard InChI is InChI=1S/C43H25NO2/c44-26-30-12-4-5-13-32(30)31-22-37(28-18-20-35-33-14-6-8-16-39(33)45-41(35)24-28)43(27-10-2-1-3-11-27)38(23-31)29-19-21-36-34-15-7-9-17-40(34)46-42(36)25-29/h1-25H. The summed E-state index contributed by atoms with van der Waals surface area (Å²) in [6.07, 6.45) is 0. The molecule has 0 spiro atoms. The molecule has 3 nitrogen and oxygen atoms in total. The van der Waals surface area contributed by atoms with Crippen LogP contribution in [0.15, 0.2) is 160 Å². The van der Waals surface area contributed by atoms with Crippen LogP contribution in [0.2, 0.25) is 0 Å². The van der Waals surface area contributed by atoms with Gasteiger partial charge in [-0.25, -0.2) is 0 Å². The highest BCUT2D eigenvalue weighted by molar-refractivity contribution is 6.09. The summed E-state index contributed by atoms with van der Waals surface area (Å²) < 4.78 is 12.7. The Bertz CT molecular complexity index is 2520. The van der Waals surface area contributed by atoms with Gasteiger partial charge in [-0.2, -0.15) is 5.26 Å². The highest BCUT2D eigenvalue weighted by atomic mass is 16.3. The first kappa shape index (κ1) is 26.1. The van der Waals surface area contributed by atoms with Gasteiger partial charge in [0.25, 0.3) is 0 Å². The van der Waals surface area contributed by atoms with E-state index in [1.165, 1.54) is 0 Å². The number of furan rings is 2. The van der Waals surface area contributed by atoms with Gasteiger partial charge in [0.05, 0.1) is 11.6 Å². The second kappa shape index (κ2) is 10.4. The molecule has 2 heterocycles. The van der Waals surface area contributed by atoms with Crippen LogP contribution in [0.25, 0.3) is 88.4 Å². The van der Waals surface area contributed by atoms with E-state index >= 15 is 0 Å². The van der Waals surface area contributed by atoms with Crippen molar-refractivity contribution in [1.82, 2.24) is 0 Å². The predicted molar refractivity (Wildman–Crippen MR) is 187 cm³/mol. The zero-order valence-electron chi connectivity index (χ0n) is 24.7. The average molecular weight is 588 g/mol. The molecule has 214 valence electrons. The molecule has 0 atom stereocenters. The quantitative estimate of drug-likeness (QED) is 0.206. The fourth-order valence-corrected chi connectivity index (χ4v) is 6.79. The third-order valence-electron chi connectivity index (χ3n) is 8.94. The molecule has 0 aliphatic heterocycles. The van der Waals surface area contributed by atoms with Gasteiger partial charge < -0.3 is 8.83 Å². The summed E-state index contributed by atoms with van der Waals surface area (Å²) in [4.78, 5) is 0. The monoisotopic (exact) mass is 587 g/mol. The van der Waals surface area contributed by atoms with Crippen LogP contribution in [0.3, 0.4) is 0 Å². The lowest BCUT2D eigenvalue weighted by Crippen LogP contribution is -1.94. The molecule has 0 aliphatic carbocycles. The SMILES string of the molecule is N#Cc1ccccc1-c1cc(-c2ccc3c(c2)oc2ccccc23)c(-c2ccccc2)c(-c2ccc3c(c2)oc2ccccc23)c1. The van der Waals surface area contributed by atoms with Crippen molar-refractivity contribution < 1.29 is 8.83 Å². The maximum atomic E-state index is 10.1. The number of rotatable bonds is 4. The Morgan fingerprint density at radius 1 is 0.370 bits per heavy atom. The van der Waals surface area contributed by atoms with Gasteiger partial charge in [-0.1, -0.05) is 97.1 Å². The van der Waals surface area contributed by atoms with E-state index in [1.54, 1.807) is 0 Å². The minimum absolute atomic E-state index is 0.632. The Labute approximate surface area is 265 Å². The van der Waals surface area contributed by atoms with E-state index in [1.807, 2.05) is 66.7 Å². The highest BCUT2D eigenvalue weighted by Gasteiger charge is 2.20. The lowest BCUT2D eigenvalue weighted by atomic mass is 9.84. The van der Waals surface area contributed by atoms with Crippen LogP contribution in [0.1, 0.15) is 5.56 Å². The number of benzene rings is 7. The molecular weight excluding hydrogens is 562 g/mol. The average Bonchev–Trinajstić information content (AvgIpc) is 3.69. The molecule has 0 bridgehead atoms. The molecule has 0 aliphatic rings. The topological polar surface area (TPSA) is 50.1 Å². The summed E-state index contributed by atoms with van der Waals surface area (Å²) >= 11 is 0. The molecule has 0 N–H and O–H groups in total. The van der Waals surface area contributed by atoms with Gasteiger partial charge in [0.2, 0.25) is 0 Å². The first-order chi connectivity index (χ1) is 22.7. The molecule has 0 radical (unpaired) electrons. The summed E-state index contributed by atoms with van der Waals surface area (Å²) in [6.45, 7) is 0. The summed E-state index contributed by atoms with van der Waals surface area (Å²) in [5.74, 6) is 0. The number of hydrogen-bond donors (Lipinski definition) is 0. The molecule has 9 aromatic rings. The van der Waals surface area contributed by atoms with E-state index in [-0.39, 0.29) is 0 Å². The van der Waals surface area contributed by atoms with Gasteiger partial charge in [-0.3, -0.25) is 0 Å². The minimum Gasteiger partial charge on any atom is -0.456 e. The molecule has 9 rings (SSSR count). The summed E-state index contributed by atoms with van der Waals surface area (Å²) in [7, 11) is 0. The van der Waals surface area contributed by atoms with Gasteiger partial charge in [-0.15, -0.1) is 0 Å². The predicted octanol–water partition coefficient (Wildman–Crippen LogP) is 12.0. The lowest BCUT2D eigenvalue weighted by Gasteiger charge is -2.19. The Hall–Kier alpha value is -6.37. The number of nitriles is 1. The van der Waals surface area contributed by atoms with Crippen LogP contribution < -0.4 is 0 Å². The second-order valence-corrected chi connectivity index (χ2v) is 11.6. The van der Waals surface area contributed by atoms with Gasteiger partial charge >= 0.3 is 0 Å². The van der Waals surface area contributed by atoms with E-state index in [0.717, 1.165) is 88.4 Å². The van der Waals surface area contributed by atoms with Gasteiger partial charge in [0.15, 0.2) is 0 Å². The lowest BCUT2D eigenvalue weighted by molar-refractivity contribution is 0.668. The highest BCUT2D eigenvalue weighted by Crippen LogP contribution is 2.45. The van der Waals surface area contributed by atoms with Crippen molar-refractivity contribution in [2.24, 2.45) is 0 Å². The molecule has 0 saturated carbocycles. The largest absolute Gasteiger partial charge is 0.456 e. The maximum absolute atomic E-state index is 10.1. The number of para-hydroxylation sites is 2. The summed E-state index contributed by atoms with van der Waals surface area (Å²) in [6, 6.07) is 54.4. The number of fused-ring (bicyclic) bond motifs is 6. The Morgan fingerprint density at radius 3 is 1.46 bits per heavy atom. The van der Waals surface area contributed by atoms with Gasteiger partial charge in [-0.05, 0) is 99.1 Å². The first-order valence-corrected chi connectivity index (χ1v) is 15.3.